The minimum Gasteiger partial charge on any atom is -0.506 e. The lowest BCUT2D eigenvalue weighted by Gasteiger charge is -2.26. The number of fused-ring (bicyclic) bond motifs is 6. The van der Waals surface area contributed by atoms with Crippen LogP contribution in [0, 0.1) is 0 Å². The van der Waals surface area contributed by atoms with Crippen LogP contribution in [0.1, 0.15) is 0 Å². The summed E-state index contributed by atoms with van der Waals surface area (Å²) in [6.45, 7) is 0. The van der Waals surface area contributed by atoms with Gasteiger partial charge >= 0.3 is 0 Å². The van der Waals surface area contributed by atoms with Crippen LogP contribution in [0.3, 0.4) is 0 Å². The number of furan rings is 1. The van der Waals surface area contributed by atoms with Gasteiger partial charge < -0.3 is 158 Å². The van der Waals surface area contributed by atoms with Gasteiger partial charge in [0.15, 0.2) is 91.7 Å². The average Bonchev–Trinajstić information content (AvgIpc) is 3.85. The maximum atomic E-state index is 12.7. The highest BCUT2D eigenvalue weighted by Gasteiger charge is 2.42. The summed E-state index contributed by atoms with van der Waals surface area (Å²) in [4.78, 5) is 0. The Bertz CT molecular complexity index is 4450. The van der Waals surface area contributed by atoms with E-state index in [4.69, 9.17) is 4.42 Å². The van der Waals surface area contributed by atoms with Gasteiger partial charge in [-0.2, -0.15) is 0 Å². The molecule has 30 N–H and O–H groups in total. The van der Waals surface area contributed by atoms with Crippen molar-refractivity contribution in [3.05, 3.63) is 0 Å². The van der Waals surface area contributed by atoms with Crippen LogP contribution in [0.4, 0.5) is 0 Å². The predicted molar refractivity (Wildman–Crippen MR) is 258 cm³/mol. The number of hydrogen-bond donors (Lipinski definition) is 30. The Morgan fingerprint density at radius 2 is 0.329 bits per heavy atom. The highest BCUT2D eigenvalue weighted by molar-refractivity contribution is 6.35. The third-order valence-electron chi connectivity index (χ3n) is 13.3. The Morgan fingerprint density at radius 3 is 0.696 bits per heavy atom. The Kier molecular flexibility index (Phi) is 9.86. The lowest BCUT2D eigenvalue weighted by molar-refractivity contribution is 0.329. The first-order valence-electron chi connectivity index (χ1n) is 21.1. The van der Waals surface area contributed by atoms with E-state index < -0.39 is 271 Å². The molecule has 1 aromatic heterocycles. The van der Waals surface area contributed by atoms with Crippen molar-refractivity contribution in [2.45, 2.75) is 0 Å². The molecule has 9 aromatic carbocycles. The zero-order chi connectivity index (χ0) is 58.4. The molecule has 0 fully saturated rings. The fourth-order valence-electron chi connectivity index (χ4n) is 9.72. The van der Waals surface area contributed by atoms with Gasteiger partial charge in [-0.15, -0.1) is 0 Å². The van der Waals surface area contributed by atoms with E-state index in [1.807, 2.05) is 0 Å². The summed E-state index contributed by atoms with van der Waals surface area (Å²) in [6, 6.07) is 0. The molecule has 0 unspecified atom stereocenters. The van der Waals surface area contributed by atoms with E-state index >= 15 is 0 Å². The van der Waals surface area contributed by atoms with E-state index in [-0.39, 0.29) is 0 Å². The Morgan fingerprint density at radius 1 is 0.114 bits per heavy atom. The van der Waals surface area contributed by atoms with Gasteiger partial charge in [-0.25, -0.2) is 0 Å². The van der Waals surface area contributed by atoms with E-state index in [9.17, 15) is 153 Å². The zero-order valence-electron chi connectivity index (χ0n) is 37.8. The summed E-state index contributed by atoms with van der Waals surface area (Å²) < 4.78 is 5.57. The molecule has 0 atom stereocenters. The highest BCUT2D eigenvalue weighted by atomic mass is 16.4. The zero-order valence-corrected chi connectivity index (χ0v) is 37.8. The second kappa shape index (κ2) is 15.6. The molecule has 408 valence electrons. The molecule has 0 saturated carbocycles. The van der Waals surface area contributed by atoms with Crippen molar-refractivity contribution in [2.75, 3.05) is 0 Å². The van der Waals surface area contributed by atoms with Crippen LogP contribution in [0.2, 0.25) is 0 Å². The van der Waals surface area contributed by atoms with Gasteiger partial charge in [-0.1, -0.05) is 0 Å². The Labute approximate surface area is 428 Å². The molecule has 10 aromatic rings. The van der Waals surface area contributed by atoms with E-state index in [1.54, 1.807) is 0 Å². The minimum atomic E-state index is -2.06. The molecular formula is C48H30O31. The van der Waals surface area contributed by atoms with Crippen molar-refractivity contribution in [2.24, 2.45) is 0 Å². The first-order chi connectivity index (χ1) is 36.8. The van der Waals surface area contributed by atoms with E-state index in [2.05, 4.69) is 0 Å². The topological polar surface area (TPSA) is 620 Å². The monoisotopic (exact) mass is 1100 g/mol. The maximum absolute atomic E-state index is 12.7. The first-order valence-corrected chi connectivity index (χ1v) is 21.1. The molecule has 1 heterocycles. The van der Waals surface area contributed by atoms with Crippen molar-refractivity contribution < 1.29 is 158 Å². The van der Waals surface area contributed by atoms with Crippen LogP contribution in [-0.2, 0) is 0 Å². The van der Waals surface area contributed by atoms with Gasteiger partial charge in [-0.3, -0.25) is 0 Å². The molecule has 31 heteroatoms. The minimum absolute atomic E-state index is 1.13. The fourth-order valence-corrected chi connectivity index (χ4v) is 9.72. The van der Waals surface area contributed by atoms with E-state index in [1.165, 1.54) is 0 Å². The fraction of sp³-hybridized carbons (Fsp3) is 0. The molecule has 0 amide bonds. The van der Waals surface area contributed by atoms with Gasteiger partial charge in [0.2, 0.25) is 80.5 Å². The molecule has 0 radical (unpaired) electrons. The highest BCUT2D eigenvalue weighted by Crippen LogP contribution is 2.71. The van der Waals surface area contributed by atoms with Crippen LogP contribution in [0.5, 0.6) is 172 Å². The normalized spacial score (nSPS) is 11.8. The predicted octanol–water partition coefficient (Wildman–Crippen LogP) is 4.88. The van der Waals surface area contributed by atoms with Crippen LogP contribution >= 0.6 is 0 Å². The standard InChI is InChI=1S/C48H30O31/c49-17-8(12-26(58)39(71)44(76)40(72)27(12)59)9(13-28(60)41(73)45(77)42(74)29(13)61)19(51)25(57)11(17)2-5-3(20(52)33(65)35(67)22(5)54)1(4-6(2)23(55)36(68)34(66)21(4)53)7-10-16-18(50)14-15(31(63)38(70)37(69)30(14)62)32(64)48(16)79-47(10)46(78)43(75)24(7)56/h49-78H. The molecule has 31 nitrogen and oxygen atoms in total. The van der Waals surface area contributed by atoms with Gasteiger partial charge in [-0.05, 0) is 0 Å². The summed E-state index contributed by atoms with van der Waals surface area (Å²) in [5.41, 5.74) is -15.6. The average molecular weight is 1100 g/mol. The SMILES string of the molecule is Oc1c(O)c(O)c(-c2c(O)c(O)c(-c3c4c(O)c(O)c(O)c(O)c4c(-c4c(O)c(O)c(O)c5oc6c(O)c7c(O)c(O)c(O)c(O)c7c(O)c6c45)c4c(O)c(O)c(O)c(O)c34)c(O)c2-c2c(O)c(O)c(O)c(O)c2O)c(O)c1O. The van der Waals surface area contributed by atoms with Crippen molar-refractivity contribution in [1.82, 2.24) is 0 Å². The van der Waals surface area contributed by atoms with Crippen LogP contribution in [0.25, 0.3) is 98.8 Å². The van der Waals surface area contributed by atoms with Gasteiger partial charge in [0.1, 0.15) is 11.5 Å². The van der Waals surface area contributed by atoms with Crippen molar-refractivity contribution in [1.29, 1.82) is 0 Å². The van der Waals surface area contributed by atoms with Crippen molar-refractivity contribution in [3.8, 4) is 217 Å². The molecule has 10 rings (SSSR count). The van der Waals surface area contributed by atoms with Crippen molar-refractivity contribution in [3.63, 3.8) is 0 Å². The number of phenolic OH excluding ortho intramolecular Hbond substituents is 30. The first kappa shape index (κ1) is 50.1. The Balaban J connectivity index is 1.56. The molecule has 0 aliphatic carbocycles. The molecule has 0 aliphatic heterocycles. The molecule has 0 spiro atoms. The second-order valence-electron chi connectivity index (χ2n) is 17.2. The van der Waals surface area contributed by atoms with Crippen molar-refractivity contribution >= 4 is 54.3 Å². The number of aromatic hydroxyl groups is 30. The number of benzene rings is 9. The number of phenols is 30. The third kappa shape index (κ3) is 5.70. The van der Waals surface area contributed by atoms with Gasteiger partial charge in [0, 0.05) is 54.7 Å². The summed E-state index contributed by atoms with van der Waals surface area (Å²) in [5.74, 6) is -53.6. The van der Waals surface area contributed by atoms with Gasteiger partial charge in [0.25, 0.3) is 0 Å². The molecule has 0 bridgehead atoms. The largest absolute Gasteiger partial charge is 0.506 e. The lowest BCUT2D eigenvalue weighted by Crippen LogP contribution is -1.98. The molecule has 79 heavy (non-hydrogen) atoms. The number of rotatable bonds is 4. The van der Waals surface area contributed by atoms with Crippen LogP contribution in [0.15, 0.2) is 4.42 Å². The molecular weight excluding hydrogens is 1070 g/mol. The second-order valence-corrected chi connectivity index (χ2v) is 17.2. The smallest absolute Gasteiger partial charge is 0.208 e. The Hall–Kier alpha value is -12.4. The van der Waals surface area contributed by atoms with Crippen LogP contribution in [-0.4, -0.2) is 153 Å². The van der Waals surface area contributed by atoms with Crippen LogP contribution < -0.4 is 0 Å². The summed E-state index contributed by atoms with van der Waals surface area (Å²) in [6.07, 6.45) is 0. The van der Waals surface area contributed by atoms with E-state index in [0.717, 1.165) is 0 Å². The quantitative estimate of drug-likeness (QED) is 0.0634. The number of hydrogen-bond acceptors (Lipinski definition) is 31. The molecule has 0 saturated heterocycles. The maximum Gasteiger partial charge on any atom is 0.208 e. The third-order valence-corrected chi connectivity index (χ3v) is 13.3. The molecule has 0 aliphatic rings. The summed E-state index contributed by atoms with van der Waals surface area (Å²) in [5, 5.41) is 327. The van der Waals surface area contributed by atoms with Gasteiger partial charge in [0.05, 0.1) is 32.8 Å². The summed E-state index contributed by atoms with van der Waals surface area (Å²) in [7, 11) is 0. The summed E-state index contributed by atoms with van der Waals surface area (Å²) >= 11 is 0. The lowest BCUT2D eigenvalue weighted by atomic mass is 9.80. The van der Waals surface area contributed by atoms with E-state index in [0.29, 0.717) is 0 Å².